The average Bonchev–Trinajstić information content (AvgIpc) is 3.35. The van der Waals surface area contributed by atoms with Crippen LogP contribution in [0.2, 0.25) is 0 Å². The summed E-state index contributed by atoms with van der Waals surface area (Å²) in [6.07, 6.45) is 3.74. The molecule has 5 rings (SSSR count). The SMILES string of the molecule is CCC1CCN=NC1c1ccc2nc(-c3ccc(OCC4CCN(C(=O)OC(C)(C)C)CC4)cc3)oc2c1. The third kappa shape index (κ3) is 6.17. The van der Waals surface area contributed by atoms with Crippen LogP contribution in [0.25, 0.3) is 22.6 Å². The Hall–Kier alpha value is -3.42. The van der Waals surface area contributed by atoms with Crippen molar-refractivity contribution in [2.75, 3.05) is 26.2 Å². The van der Waals surface area contributed by atoms with Crippen molar-refractivity contribution in [3.63, 3.8) is 0 Å². The standard InChI is InChI=1S/C30H38N4O4/c1-5-21-12-15-31-33-27(21)23-8-11-25-26(18-23)37-28(32-25)22-6-9-24(10-7-22)36-19-20-13-16-34(17-14-20)29(35)38-30(2,3)4/h6-11,18,20-21,27H,5,12-17,19H2,1-4H3. The second-order valence-electron chi connectivity index (χ2n) is 11.4. The summed E-state index contributed by atoms with van der Waals surface area (Å²) in [6.45, 7) is 10.7. The third-order valence-electron chi connectivity index (χ3n) is 7.38. The number of hydrogen-bond acceptors (Lipinski definition) is 7. The average molecular weight is 519 g/mol. The molecular weight excluding hydrogens is 480 g/mol. The number of aromatic nitrogens is 1. The Morgan fingerprint density at radius 1 is 1.08 bits per heavy atom. The molecule has 2 unspecified atom stereocenters. The van der Waals surface area contributed by atoms with Gasteiger partial charge in [-0.3, -0.25) is 0 Å². The van der Waals surface area contributed by atoms with E-state index in [1.54, 1.807) is 4.90 Å². The van der Waals surface area contributed by atoms with Crippen molar-refractivity contribution >= 4 is 17.2 Å². The van der Waals surface area contributed by atoms with Crippen molar-refractivity contribution in [2.24, 2.45) is 22.1 Å². The molecule has 0 bridgehead atoms. The molecule has 8 heteroatoms. The fourth-order valence-electron chi connectivity index (χ4n) is 5.15. The van der Waals surface area contributed by atoms with Crippen LogP contribution in [0.1, 0.15) is 65.0 Å². The van der Waals surface area contributed by atoms with E-state index in [0.29, 0.717) is 37.4 Å². The van der Waals surface area contributed by atoms with Crippen LogP contribution < -0.4 is 4.74 Å². The topological polar surface area (TPSA) is 89.5 Å². The number of nitrogens with zero attached hydrogens (tertiary/aromatic N) is 4. The van der Waals surface area contributed by atoms with Gasteiger partial charge in [0.2, 0.25) is 5.89 Å². The Morgan fingerprint density at radius 2 is 1.84 bits per heavy atom. The molecule has 1 amide bonds. The highest BCUT2D eigenvalue weighted by atomic mass is 16.6. The lowest BCUT2D eigenvalue weighted by Crippen LogP contribution is -2.42. The van der Waals surface area contributed by atoms with E-state index in [0.717, 1.165) is 60.2 Å². The lowest BCUT2D eigenvalue weighted by Gasteiger charge is -2.33. The zero-order chi connectivity index (χ0) is 26.7. The van der Waals surface area contributed by atoms with E-state index in [1.807, 2.05) is 51.1 Å². The molecule has 2 aromatic carbocycles. The van der Waals surface area contributed by atoms with Gasteiger partial charge in [0.05, 0.1) is 19.2 Å². The maximum atomic E-state index is 12.3. The number of ether oxygens (including phenoxy) is 2. The number of oxazole rings is 1. The van der Waals surface area contributed by atoms with Gasteiger partial charge in [0.15, 0.2) is 5.58 Å². The second kappa shape index (κ2) is 11.1. The molecule has 3 aromatic rings. The molecule has 2 aliphatic rings. The van der Waals surface area contributed by atoms with Crippen LogP contribution in [0, 0.1) is 11.8 Å². The minimum atomic E-state index is -0.468. The van der Waals surface area contributed by atoms with Crippen LogP contribution in [0.5, 0.6) is 5.75 Å². The van der Waals surface area contributed by atoms with Crippen molar-refractivity contribution in [3.8, 4) is 17.2 Å². The van der Waals surface area contributed by atoms with Crippen LogP contribution in [0.4, 0.5) is 4.79 Å². The molecule has 202 valence electrons. The number of rotatable bonds is 6. The predicted octanol–water partition coefficient (Wildman–Crippen LogP) is 7.44. The molecule has 0 radical (unpaired) electrons. The molecule has 1 saturated heterocycles. The Kier molecular flexibility index (Phi) is 7.68. The number of likely N-dealkylation sites (tertiary alicyclic amines) is 1. The van der Waals surface area contributed by atoms with Crippen molar-refractivity contribution in [1.29, 1.82) is 0 Å². The minimum absolute atomic E-state index is 0.0904. The molecule has 0 N–H and O–H groups in total. The first kappa shape index (κ1) is 26.2. The van der Waals surface area contributed by atoms with Gasteiger partial charge in [0.25, 0.3) is 0 Å². The van der Waals surface area contributed by atoms with E-state index in [-0.39, 0.29) is 12.1 Å². The summed E-state index contributed by atoms with van der Waals surface area (Å²) >= 11 is 0. The number of piperidine rings is 1. The lowest BCUT2D eigenvalue weighted by molar-refractivity contribution is 0.0165. The first-order valence-corrected chi connectivity index (χ1v) is 13.8. The van der Waals surface area contributed by atoms with Gasteiger partial charge in [-0.2, -0.15) is 10.2 Å². The van der Waals surface area contributed by atoms with E-state index >= 15 is 0 Å². The van der Waals surface area contributed by atoms with Gasteiger partial charge in [-0.05, 0) is 93.8 Å². The van der Waals surface area contributed by atoms with Gasteiger partial charge in [-0.15, -0.1) is 0 Å². The number of carbonyl (C=O) groups is 1. The van der Waals surface area contributed by atoms with E-state index in [4.69, 9.17) is 18.9 Å². The lowest BCUT2D eigenvalue weighted by atomic mass is 9.88. The Labute approximate surface area is 224 Å². The summed E-state index contributed by atoms with van der Waals surface area (Å²) in [6, 6.07) is 14.1. The van der Waals surface area contributed by atoms with Crippen LogP contribution in [-0.2, 0) is 4.74 Å². The first-order valence-electron chi connectivity index (χ1n) is 13.8. The van der Waals surface area contributed by atoms with Crippen LogP contribution in [0.15, 0.2) is 57.1 Å². The van der Waals surface area contributed by atoms with Gasteiger partial charge < -0.3 is 18.8 Å². The maximum Gasteiger partial charge on any atom is 0.410 e. The zero-order valence-electron chi connectivity index (χ0n) is 22.9. The zero-order valence-corrected chi connectivity index (χ0v) is 22.9. The normalized spacial score (nSPS) is 20.6. The van der Waals surface area contributed by atoms with Crippen LogP contribution >= 0.6 is 0 Å². The summed E-state index contributed by atoms with van der Waals surface area (Å²) in [7, 11) is 0. The predicted molar refractivity (Wildman–Crippen MR) is 146 cm³/mol. The van der Waals surface area contributed by atoms with Crippen LogP contribution in [-0.4, -0.2) is 47.8 Å². The summed E-state index contributed by atoms with van der Waals surface area (Å²) in [5.41, 5.74) is 3.18. The molecule has 8 nitrogen and oxygen atoms in total. The highest BCUT2D eigenvalue weighted by Crippen LogP contribution is 2.36. The molecular formula is C30H38N4O4. The minimum Gasteiger partial charge on any atom is -0.493 e. The summed E-state index contributed by atoms with van der Waals surface area (Å²) in [5, 5.41) is 8.82. The number of carbonyl (C=O) groups excluding carboxylic acids is 1. The number of fused-ring (bicyclic) bond motifs is 1. The largest absolute Gasteiger partial charge is 0.493 e. The molecule has 0 saturated carbocycles. The van der Waals surface area contributed by atoms with Crippen molar-refractivity contribution in [1.82, 2.24) is 9.88 Å². The fraction of sp³-hybridized carbons (Fsp3) is 0.533. The van der Waals surface area contributed by atoms with E-state index < -0.39 is 5.60 Å². The summed E-state index contributed by atoms with van der Waals surface area (Å²) < 4.78 is 17.7. The molecule has 1 fully saturated rings. The summed E-state index contributed by atoms with van der Waals surface area (Å²) in [5.74, 6) is 2.33. The second-order valence-corrected chi connectivity index (χ2v) is 11.4. The van der Waals surface area contributed by atoms with Crippen molar-refractivity contribution in [2.45, 2.75) is 65.0 Å². The molecule has 2 aliphatic heterocycles. The Morgan fingerprint density at radius 3 is 2.55 bits per heavy atom. The molecule has 0 spiro atoms. The molecule has 38 heavy (non-hydrogen) atoms. The number of amides is 1. The number of hydrogen-bond donors (Lipinski definition) is 0. The Balaban J connectivity index is 1.17. The van der Waals surface area contributed by atoms with Gasteiger partial charge in [0, 0.05) is 18.7 Å². The monoisotopic (exact) mass is 518 g/mol. The molecule has 3 heterocycles. The highest BCUT2D eigenvalue weighted by Gasteiger charge is 2.27. The number of azo groups is 1. The van der Waals surface area contributed by atoms with Gasteiger partial charge in [-0.25, -0.2) is 9.78 Å². The smallest absolute Gasteiger partial charge is 0.410 e. The van der Waals surface area contributed by atoms with E-state index in [9.17, 15) is 4.79 Å². The maximum absolute atomic E-state index is 12.3. The van der Waals surface area contributed by atoms with Crippen LogP contribution in [0.3, 0.4) is 0 Å². The van der Waals surface area contributed by atoms with Gasteiger partial charge >= 0.3 is 6.09 Å². The van der Waals surface area contributed by atoms with Gasteiger partial charge in [-0.1, -0.05) is 19.4 Å². The molecule has 1 aromatic heterocycles. The van der Waals surface area contributed by atoms with E-state index in [2.05, 4.69) is 29.3 Å². The van der Waals surface area contributed by atoms with Gasteiger partial charge in [0.1, 0.15) is 16.9 Å². The molecule has 0 aliphatic carbocycles. The first-order chi connectivity index (χ1) is 18.3. The third-order valence-corrected chi connectivity index (χ3v) is 7.38. The summed E-state index contributed by atoms with van der Waals surface area (Å²) in [4.78, 5) is 18.8. The van der Waals surface area contributed by atoms with Crippen molar-refractivity contribution < 1.29 is 18.7 Å². The quantitative estimate of drug-likeness (QED) is 0.338. The fourth-order valence-corrected chi connectivity index (χ4v) is 5.15. The van der Waals surface area contributed by atoms with Crippen molar-refractivity contribution in [3.05, 3.63) is 48.0 Å². The Bertz CT molecular complexity index is 1270. The highest BCUT2D eigenvalue weighted by molar-refractivity contribution is 5.77. The molecule has 2 atom stereocenters. The van der Waals surface area contributed by atoms with E-state index in [1.165, 1.54) is 0 Å². The number of benzene rings is 2.